The number of ketones is 1. The zero-order chi connectivity index (χ0) is 8.72. The Morgan fingerprint density at radius 1 is 1.50 bits per heavy atom. The van der Waals surface area contributed by atoms with Crippen molar-refractivity contribution in [2.24, 2.45) is 0 Å². The minimum atomic E-state index is -0.254. The van der Waals surface area contributed by atoms with E-state index in [0.29, 0.717) is 12.0 Å². The second kappa shape index (κ2) is 2.41. The van der Waals surface area contributed by atoms with Crippen LogP contribution >= 0.6 is 0 Å². The van der Waals surface area contributed by atoms with Crippen LogP contribution in [0.5, 0.6) is 0 Å². The molecule has 0 saturated carbocycles. The number of Topliss-reactive ketones (excluding diaryl/α,β-unsaturated/α-hetero) is 1. The lowest BCUT2D eigenvalue weighted by atomic mass is 10.0. The molecule has 2 heteroatoms. The third-order valence-electron chi connectivity index (χ3n) is 2.34. The maximum absolute atomic E-state index is 12.8. The Balaban J connectivity index is 2.60. The summed E-state index contributed by atoms with van der Waals surface area (Å²) in [6, 6.07) is 4.39. The monoisotopic (exact) mass is 164 g/mol. The van der Waals surface area contributed by atoms with Gasteiger partial charge in [0.25, 0.3) is 0 Å². The van der Waals surface area contributed by atoms with Gasteiger partial charge in [-0.15, -0.1) is 0 Å². The highest BCUT2D eigenvalue weighted by molar-refractivity contribution is 6.01. The fraction of sp³-hybridized carbons (Fsp3) is 0.300. The summed E-state index contributed by atoms with van der Waals surface area (Å²) < 4.78 is 12.8. The summed E-state index contributed by atoms with van der Waals surface area (Å²) in [7, 11) is 0. The second-order valence-electron chi connectivity index (χ2n) is 3.26. The van der Waals surface area contributed by atoms with Crippen molar-refractivity contribution >= 4 is 5.78 Å². The standard InChI is InChI=1S/C10H9FO/c1-6-4-10(12)8-3-2-7(11)5-9(6)8/h2-3,5-6H,4H2,1H3. The Bertz CT molecular complexity index is 344. The van der Waals surface area contributed by atoms with E-state index in [1.54, 1.807) is 6.07 Å². The van der Waals surface area contributed by atoms with Crippen LogP contribution in [0, 0.1) is 5.82 Å². The normalized spacial score (nSPS) is 21.2. The summed E-state index contributed by atoms with van der Waals surface area (Å²) in [6.07, 6.45) is 0.527. The molecule has 0 radical (unpaired) electrons. The van der Waals surface area contributed by atoms with Crippen LogP contribution in [0.1, 0.15) is 35.2 Å². The van der Waals surface area contributed by atoms with Crippen LogP contribution in [-0.4, -0.2) is 5.78 Å². The second-order valence-corrected chi connectivity index (χ2v) is 3.26. The van der Waals surface area contributed by atoms with Crippen molar-refractivity contribution in [3.05, 3.63) is 35.1 Å². The first-order valence-corrected chi connectivity index (χ1v) is 4.01. The first-order valence-electron chi connectivity index (χ1n) is 4.01. The van der Waals surface area contributed by atoms with Crippen molar-refractivity contribution in [3.8, 4) is 0 Å². The lowest BCUT2D eigenvalue weighted by Gasteiger charge is -2.01. The fourth-order valence-electron chi connectivity index (χ4n) is 1.69. The Morgan fingerprint density at radius 3 is 3.00 bits per heavy atom. The molecule has 0 heterocycles. The molecule has 12 heavy (non-hydrogen) atoms. The van der Waals surface area contributed by atoms with Crippen molar-refractivity contribution in [3.63, 3.8) is 0 Å². The van der Waals surface area contributed by atoms with Crippen molar-refractivity contribution < 1.29 is 9.18 Å². The van der Waals surface area contributed by atoms with Gasteiger partial charge < -0.3 is 0 Å². The summed E-state index contributed by atoms with van der Waals surface area (Å²) in [5, 5.41) is 0. The van der Waals surface area contributed by atoms with Gasteiger partial charge in [-0.2, -0.15) is 0 Å². The van der Waals surface area contributed by atoms with E-state index in [4.69, 9.17) is 0 Å². The average molecular weight is 164 g/mol. The minimum absolute atomic E-state index is 0.137. The Labute approximate surface area is 70.2 Å². The number of benzene rings is 1. The van der Waals surface area contributed by atoms with E-state index in [0.717, 1.165) is 5.56 Å². The van der Waals surface area contributed by atoms with Crippen LogP contribution in [0.3, 0.4) is 0 Å². The zero-order valence-corrected chi connectivity index (χ0v) is 6.80. The number of fused-ring (bicyclic) bond motifs is 1. The van der Waals surface area contributed by atoms with Crippen LogP contribution in [0.25, 0.3) is 0 Å². The van der Waals surface area contributed by atoms with E-state index in [2.05, 4.69) is 0 Å². The molecule has 62 valence electrons. The highest BCUT2D eigenvalue weighted by Gasteiger charge is 2.25. The van der Waals surface area contributed by atoms with Crippen molar-refractivity contribution in [1.82, 2.24) is 0 Å². The molecule has 0 bridgehead atoms. The molecule has 0 amide bonds. The topological polar surface area (TPSA) is 17.1 Å². The molecule has 1 aromatic rings. The van der Waals surface area contributed by atoms with Crippen molar-refractivity contribution in [2.75, 3.05) is 0 Å². The predicted octanol–water partition coefficient (Wildman–Crippen LogP) is 2.52. The largest absolute Gasteiger partial charge is 0.294 e. The highest BCUT2D eigenvalue weighted by atomic mass is 19.1. The lowest BCUT2D eigenvalue weighted by molar-refractivity contribution is 0.0990. The Kier molecular flexibility index (Phi) is 1.50. The predicted molar refractivity (Wildman–Crippen MR) is 43.8 cm³/mol. The molecule has 1 aliphatic carbocycles. The molecule has 0 aliphatic heterocycles. The molecule has 1 aromatic carbocycles. The third-order valence-corrected chi connectivity index (χ3v) is 2.34. The summed E-state index contributed by atoms with van der Waals surface area (Å²) in [5.74, 6) is 0.0657. The van der Waals surface area contributed by atoms with Gasteiger partial charge in [-0.05, 0) is 29.7 Å². The zero-order valence-electron chi connectivity index (χ0n) is 6.80. The first kappa shape index (κ1) is 7.47. The van der Waals surface area contributed by atoms with Crippen LogP contribution in [0.15, 0.2) is 18.2 Å². The van der Waals surface area contributed by atoms with E-state index in [-0.39, 0.29) is 17.5 Å². The van der Waals surface area contributed by atoms with E-state index < -0.39 is 0 Å². The third kappa shape index (κ3) is 0.951. The van der Waals surface area contributed by atoms with Crippen molar-refractivity contribution in [2.45, 2.75) is 19.3 Å². The summed E-state index contributed by atoms with van der Waals surface area (Å²) in [5.41, 5.74) is 1.56. The van der Waals surface area contributed by atoms with Crippen LogP contribution in [-0.2, 0) is 0 Å². The summed E-state index contributed by atoms with van der Waals surface area (Å²) in [4.78, 5) is 11.3. The van der Waals surface area contributed by atoms with E-state index in [9.17, 15) is 9.18 Å². The average Bonchev–Trinajstić information content (AvgIpc) is 2.28. The molecule has 0 fully saturated rings. The Hall–Kier alpha value is -1.18. The molecule has 1 aliphatic rings. The van der Waals surface area contributed by atoms with Crippen LogP contribution in [0.2, 0.25) is 0 Å². The number of halogens is 1. The lowest BCUT2D eigenvalue weighted by Crippen LogP contribution is -1.90. The molecule has 1 nitrogen and oxygen atoms in total. The van der Waals surface area contributed by atoms with Gasteiger partial charge in [0, 0.05) is 12.0 Å². The van der Waals surface area contributed by atoms with Gasteiger partial charge >= 0.3 is 0 Å². The molecule has 2 rings (SSSR count). The summed E-state index contributed by atoms with van der Waals surface area (Å²) >= 11 is 0. The first-order chi connectivity index (χ1) is 5.68. The molecule has 1 unspecified atom stereocenters. The quantitative estimate of drug-likeness (QED) is 0.575. The summed E-state index contributed by atoms with van der Waals surface area (Å²) in [6.45, 7) is 1.95. The SMILES string of the molecule is CC1CC(=O)c2ccc(F)cc21. The van der Waals surface area contributed by atoms with Crippen LogP contribution < -0.4 is 0 Å². The molecule has 0 N–H and O–H groups in total. The number of hydrogen-bond acceptors (Lipinski definition) is 1. The van der Waals surface area contributed by atoms with Gasteiger partial charge in [0.2, 0.25) is 0 Å². The van der Waals surface area contributed by atoms with Gasteiger partial charge in [-0.25, -0.2) is 4.39 Å². The van der Waals surface area contributed by atoms with Gasteiger partial charge in [0.1, 0.15) is 5.82 Å². The van der Waals surface area contributed by atoms with Crippen LogP contribution in [0.4, 0.5) is 4.39 Å². The minimum Gasteiger partial charge on any atom is -0.294 e. The van der Waals surface area contributed by atoms with Crippen molar-refractivity contribution in [1.29, 1.82) is 0 Å². The van der Waals surface area contributed by atoms with Gasteiger partial charge in [-0.3, -0.25) is 4.79 Å². The smallest absolute Gasteiger partial charge is 0.163 e. The molecule has 0 saturated heterocycles. The number of carbonyl (C=O) groups is 1. The number of carbonyl (C=O) groups excluding carboxylic acids is 1. The highest BCUT2D eigenvalue weighted by Crippen LogP contribution is 2.32. The number of rotatable bonds is 0. The fourth-order valence-corrected chi connectivity index (χ4v) is 1.69. The number of hydrogen-bond donors (Lipinski definition) is 0. The molecule has 0 spiro atoms. The van der Waals surface area contributed by atoms with Gasteiger partial charge in [-0.1, -0.05) is 6.92 Å². The maximum atomic E-state index is 12.8. The molecule has 1 atom stereocenters. The van der Waals surface area contributed by atoms with E-state index in [1.807, 2.05) is 6.92 Å². The van der Waals surface area contributed by atoms with Gasteiger partial charge in [0.05, 0.1) is 0 Å². The molecular formula is C10H9FO. The van der Waals surface area contributed by atoms with E-state index in [1.165, 1.54) is 12.1 Å². The van der Waals surface area contributed by atoms with Gasteiger partial charge in [0.15, 0.2) is 5.78 Å². The van der Waals surface area contributed by atoms with E-state index >= 15 is 0 Å². The molecule has 0 aromatic heterocycles. The Morgan fingerprint density at radius 2 is 2.25 bits per heavy atom. The maximum Gasteiger partial charge on any atom is 0.163 e. The molecular weight excluding hydrogens is 155 g/mol.